The summed E-state index contributed by atoms with van der Waals surface area (Å²) in [5.74, 6) is 1.54. The van der Waals surface area contributed by atoms with E-state index in [0.29, 0.717) is 5.92 Å². The van der Waals surface area contributed by atoms with Crippen molar-refractivity contribution >= 4 is 0 Å². The molecule has 2 aliphatic rings. The first-order valence-corrected chi connectivity index (χ1v) is 4.93. The zero-order valence-electron chi connectivity index (χ0n) is 7.93. The second kappa shape index (κ2) is 2.96. The van der Waals surface area contributed by atoms with E-state index < -0.39 is 0 Å². The summed E-state index contributed by atoms with van der Waals surface area (Å²) in [4.78, 5) is 0. The van der Waals surface area contributed by atoms with Crippen molar-refractivity contribution in [2.24, 2.45) is 11.8 Å². The summed E-state index contributed by atoms with van der Waals surface area (Å²) in [6, 6.07) is 0. The fraction of sp³-hybridized carbons (Fsp3) is 0.636. The van der Waals surface area contributed by atoms with Gasteiger partial charge in [-0.15, -0.1) is 0 Å². The lowest BCUT2D eigenvalue weighted by molar-refractivity contribution is 0.697. The summed E-state index contributed by atoms with van der Waals surface area (Å²) < 4.78 is 0. The molecule has 66 valence electrons. The molecule has 0 aromatic carbocycles. The minimum Gasteiger partial charge on any atom is -0.384 e. The molecule has 0 saturated heterocycles. The lowest BCUT2D eigenvalue weighted by Crippen LogP contribution is -2.21. The van der Waals surface area contributed by atoms with Crippen molar-refractivity contribution in [3.63, 3.8) is 0 Å². The molecular weight excluding hydrogens is 146 g/mol. The number of rotatable bonds is 2. The first-order valence-electron chi connectivity index (χ1n) is 4.93. The summed E-state index contributed by atoms with van der Waals surface area (Å²) in [7, 11) is 0. The van der Waals surface area contributed by atoms with Gasteiger partial charge in [-0.25, -0.2) is 0 Å². The van der Waals surface area contributed by atoms with Crippen LogP contribution in [0, 0.1) is 11.8 Å². The van der Waals surface area contributed by atoms with Crippen LogP contribution in [0.15, 0.2) is 23.4 Å². The second-order valence-electron chi connectivity index (χ2n) is 4.08. The zero-order valence-corrected chi connectivity index (χ0v) is 7.93. The van der Waals surface area contributed by atoms with Crippen LogP contribution in [0.3, 0.4) is 0 Å². The standard InChI is InChI=1S/C11H17N/c1-8(2)10-4-3-7-12-11(10)9-5-6-9/h3-4,8-9,12H,5-7H2,1-2H3. The van der Waals surface area contributed by atoms with E-state index >= 15 is 0 Å². The van der Waals surface area contributed by atoms with Gasteiger partial charge >= 0.3 is 0 Å². The highest BCUT2D eigenvalue weighted by molar-refractivity contribution is 5.33. The molecule has 0 amide bonds. The van der Waals surface area contributed by atoms with Gasteiger partial charge in [-0.1, -0.05) is 26.0 Å². The van der Waals surface area contributed by atoms with Gasteiger partial charge in [0.05, 0.1) is 0 Å². The molecule has 0 aromatic rings. The molecule has 1 nitrogen and oxygen atoms in total. The Balaban J connectivity index is 2.24. The molecule has 1 fully saturated rings. The predicted octanol–water partition coefficient (Wildman–Crippen LogP) is 2.47. The molecule has 0 radical (unpaired) electrons. The maximum Gasteiger partial charge on any atom is 0.0331 e. The molecular formula is C11H17N. The Morgan fingerprint density at radius 3 is 2.75 bits per heavy atom. The molecule has 1 N–H and O–H groups in total. The maximum absolute atomic E-state index is 3.51. The van der Waals surface area contributed by atoms with Crippen molar-refractivity contribution in [3.05, 3.63) is 23.4 Å². The molecule has 0 atom stereocenters. The van der Waals surface area contributed by atoms with Crippen LogP contribution in [-0.2, 0) is 0 Å². The molecule has 0 aromatic heterocycles. The van der Waals surface area contributed by atoms with Crippen molar-refractivity contribution in [1.82, 2.24) is 5.32 Å². The fourth-order valence-corrected chi connectivity index (χ4v) is 1.80. The first kappa shape index (κ1) is 7.90. The number of dihydropyridines is 1. The van der Waals surface area contributed by atoms with Crippen LogP contribution in [-0.4, -0.2) is 6.54 Å². The minimum absolute atomic E-state index is 0.671. The van der Waals surface area contributed by atoms with E-state index in [1.54, 1.807) is 0 Å². The van der Waals surface area contributed by atoms with Gasteiger partial charge in [0.1, 0.15) is 0 Å². The topological polar surface area (TPSA) is 12.0 Å². The molecule has 0 spiro atoms. The van der Waals surface area contributed by atoms with Crippen molar-refractivity contribution < 1.29 is 0 Å². The second-order valence-corrected chi connectivity index (χ2v) is 4.08. The number of hydrogen-bond donors (Lipinski definition) is 1. The van der Waals surface area contributed by atoms with E-state index in [4.69, 9.17) is 0 Å². The van der Waals surface area contributed by atoms with Crippen molar-refractivity contribution in [2.75, 3.05) is 6.54 Å². The summed E-state index contributed by atoms with van der Waals surface area (Å²) in [5, 5.41) is 3.51. The van der Waals surface area contributed by atoms with E-state index in [1.807, 2.05) is 0 Å². The quantitative estimate of drug-likeness (QED) is 0.659. The lowest BCUT2D eigenvalue weighted by atomic mass is 9.96. The molecule has 1 heterocycles. The van der Waals surface area contributed by atoms with Crippen molar-refractivity contribution in [3.8, 4) is 0 Å². The van der Waals surface area contributed by atoms with E-state index in [0.717, 1.165) is 12.5 Å². The smallest absolute Gasteiger partial charge is 0.0331 e. The Bertz CT molecular complexity index is 231. The van der Waals surface area contributed by atoms with Gasteiger partial charge in [0, 0.05) is 12.2 Å². The van der Waals surface area contributed by atoms with E-state index in [1.165, 1.54) is 24.1 Å². The highest BCUT2D eigenvalue weighted by Crippen LogP contribution is 2.38. The van der Waals surface area contributed by atoms with Crippen LogP contribution < -0.4 is 5.32 Å². The molecule has 1 heteroatoms. The van der Waals surface area contributed by atoms with Gasteiger partial charge in [-0.3, -0.25) is 0 Å². The van der Waals surface area contributed by atoms with Crippen LogP contribution in [0.25, 0.3) is 0 Å². The molecule has 1 saturated carbocycles. The monoisotopic (exact) mass is 163 g/mol. The Kier molecular flexibility index (Phi) is 1.95. The minimum atomic E-state index is 0.671. The Hall–Kier alpha value is -0.720. The normalized spacial score (nSPS) is 23.2. The van der Waals surface area contributed by atoms with Gasteiger partial charge in [-0.2, -0.15) is 0 Å². The Morgan fingerprint density at radius 2 is 2.17 bits per heavy atom. The van der Waals surface area contributed by atoms with E-state index in [-0.39, 0.29) is 0 Å². The highest BCUT2D eigenvalue weighted by atomic mass is 14.9. The molecule has 0 bridgehead atoms. The number of allylic oxidation sites excluding steroid dienone is 3. The van der Waals surface area contributed by atoms with E-state index in [9.17, 15) is 0 Å². The molecule has 12 heavy (non-hydrogen) atoms. The molecule has 2 rings (SSSR count). The summed E-state index contributed by atoms with van der Waals surface area (Å²) in [6.07, 6.45) is 7.31. The summed E-state index contributed by atoms with van der Waals surface area (Å²) >= 11 is 0. The lowest BCUT2D eigenvalue weighted by Gasteiger charge is -2.20. The zero-order chi connectivity index (χ0) is 8.55. The fourth-order valence-electron chi connectivity index (χ4n) is 1.80. The van der Waals surface area contributed by atoms with E-state index in [2.05, 4.69) is 31.3 Å². The molecule has 0 unspecified atom stereocenters. The largest absolute Gasteiger partial charge is 0.384 e. The summed E-state index contributed by atoms with van der Waals surface area (Å²) in [5.41, 5.74) is 3.07. The van der Waals surface area contributed by atoms with Gasteiger partial charge in [0.15, 0.2) is 0 Å². The average molecular weight is 163 g/mol. The highest BCUT2D eigenvalue weighted by Gasteiger charge is 2.29. The third-order valence-electron chi connectivity index (χ3n) is 2.63. The molecule has 1 aliphatic heterocycles. The van der Waals surface area contributed by atoms with Gasteiger partial charge in [-0.05, 0) is 30.3 Å². The Labute approximate surface area is 74.5 Å². The maximum atomic E-state index is 3.51. The Morgan fingerprint density at radius 1 is 1.42 bits per heavy atom. The van der Waals surface area contributed by atoms with Crippen molar-refractivity contribution in [2.45, 2.75) is 26.7 Å². The SMILES string of the molecule is CC(C)C1=C(C2CC2)NCC=C1. The first-order chi connectivity index (χ1) is 5.79. The van der Waals surface area contributed by atoms with Crippen molar-refractivity contribution in [1.29, 1.82) is 0 Å². The third kappa shape index (κ3) is 1.40. The van der Waals surface area contributed by atoms with Gasteiger partial charge in [0.2, 0.25) is 0 Å². The predicted molar refractivity (Wildman–Crippen MR) is 51.7 cm³/mol. The van der Waals surface area contributed by atoms with Crippen LogP contribution in [0.1, 0.15) is 26.7 Å². The van der Waals surface area contributed by atoms with Crippen LogP contribution >= 0.6 is 0 Å². The third-order valence-corrected chi connectivity index (χ3v) is 2.63. The van der Waals surface area contributed by atoms with Gasteiger partial charge in [0.25, 0.3) is 0 Å². The van der Waals surface area contributed by atoms with Gasteiger partial charge < -0.3 is 5.32 Å². The average Bonchev–Trinajstić information content (AvgIpc) is 2.87. The number of hydrogen-bond acceptors (Lipinski definition) is 1. The van der Waals surface area contributed by atoms with Crippen LogP contribution in [0.4, 0.5) is 0 Å². The van der Waals surface area contributed by atoms with Crippen LogP contribution in [0.5, 0.6) is 0 Å². The molecule has 1 aliphatic carbocycles. The van der Waals surface area contributed by atoms with Crippen LogP contribution in [0.2, 0.25) is 0 Å². The number of nitrogens with one attached hydrogen (secondary N) is 1. The summed E-state index contributed by atoms with van der Waals surface area (Å²) in [6.45, 7) is 5.58.